The highest BCUT2D eigenvalue weighted by molar-refractivity contribution is 9.10. The molecule has 0 amide bonds. The lowest BCUT2D eigenvalue weighted by Crippen LogP contribution is -2.31. The van der Waals surface area contributed by atoms with Crippen LogP contribution in [-0.2, 0) is 6.42 Å². The number of pyridine rings is 1. The van der Waals surface area contributed by atoms with Crippen LogP contribution in [0.5, 0.6) is 0 Å². The topological polar surface area (TPSA) is 50.9 Å². The molecule has 0 aliphatic rings. The van der Waals surface area contributed by atoms with Crippen molar-refractivity contribution in [3.8, 4) is 0 Å². The van der Waals surface area contributed by atoms with E-state index in [1.165, 1.54) is 5.56 Å². The van der Waals surface area contributed by atoms with Crippen molar-refractivity contribution in [2.45, 2.75) is 19.4 Å². The van der Waals surface area contributed by atoms with Gasteiger partial charge in [0.2, 0.25) is 0 Å². The number of nitrogens with two attached hydrogens (primary N) is 1. The molecule has 1 aromatic heterocycles. The Balaban J connectivity index is 2.04. The molecule has 4 heteroatoms. The summed E-state index contributed by atoms with van der Waals surface area (Å²) in [7, 11) is 0. The fourth-order valence-corrected chi connectivity index (χ4v) is 2.15. The molecule has 0 aliphatic carbocycles. The Morgan fingerprint density at radius 1 is 1.21 bits per heavy atom. The van der Waals surface area contributed by atoms with Gasteiger partial charge in [-0.3, -0.25) is 0 Å². The number of nitrogens with one attached hydrogen (secondary N) is 1. The maximum atomic E-state index is 5.84. The zero-order chi connectivity index (χ0) is 13.7. The van der Waals surface area contributed by atoms with Gasteiger partial charge >= 0.3 is 0 Å². The summed E-state index contributed by atoms with van der Waals surface area (Å²) in [5, 5.41) is 3.39. The van der Waals surface area contributed by atoms with Crippen molar-refractivity contribution in [3.05, 3.63) is 58.2 Å². The van der Waals surface area contributed by atoms with Gasteiger partial charge in [-0.1, -0.05) is 30.3 Å². The number of aromatic nitrogens is 1. The van der Waals surface area contributed by atoms with Crippen LogP contribution < -0.4 is 11.1 Å². The molecule has 3 nitrogen and oxygen atoms in total. The van der Waals surface area contributed by atoms with E-state index in [0.29, 0.717) is 6.54 Å². The van der Waals surface area contributed by atoms with Gasteiger partial charge in [-0.05, 0) is 47.0 Å². The Hall–Kier alpha value is -1.39. The maximum absolute atomic E-state index is 5.84. The van der Waals surface area contributed by atoms with Crippen LogP contribution in [0.2, 0.25) is 0 Å². The summed E-state index contributed by atoms with van der Waals surface area (Å²) in [6, 6.07) is 14.5. The number of hydrogen-bond acceptors (Lipinski definition) is 3. The second-order valence-electron chi connectivity index (χ2n) is 4.53. The molecule has 0 radical (unpaired) electrons. The minimum absolute atomic E-state index is 0.190. The number of rotatable bonds is 5. The number of nitrogens with zero attached hydrogens (tertiary/aromatic N) is 1. The molecule has 1 aromatic carbocycles. The molecule has 0 saturated heterocycles. The summed E-state index contributed by atoms with van der Waals surface area (Å²) in [5.74, 6) is 0.868. The molecule has 3 N–H and O–H groups in total. The third-order valence-corrected chi connectivity index (χ3v) is 3.82. The van der Waals surface area contributed by atoms with Gasteiger partial charge in [-0.25, -0.2) is 4.98 Å². The Morgan fingerprint density at radius 3 is 2.58 bits per heavy atom. The first kappa shape index (κ1) is 14.0. The van der Waals surface area contributed by atoms with E-state index in [0.717, 1.165) is 22.4 Å². The Kier molecular flexibility index (Phi) is 4.93. The summed E-state index contributed by atoms with van der Waals surface area (Å²) < 4.78 is 1.02. The second-order valence-corrected chi connectivity index (χ2v) is 5.38. The number of anilines is 1. The fourth-order valence-electron chi connectivity index (χ4n) is 1.93. The van der Waals surface area contributed by atoms with Crippen molar-refractivity contribution in [1.29, 1.82) is 0 Å². The largest absolute Gasteiger partial charge is 0.366 e. The quantitative estimate of drug-likeness (QED) is 0.890. The van der Waals surface area contributed by atoms with E-state index in [2.05, 4.69) is 38.4 Å². The zero-order valence-corrected chi connectivity index (χ0v) is 12.5. The third kappa shape index (κ3) is 4.04. The standard InChI is InChI=1S/C15H18BrN3/c1-11-14(16)7-8-15(18-11)19-13(10-17)9-12-5-3-2-4-6-12/h2-8,13H,9-10,17H2,1H3,(H,18,19). The van der Waals surface area contributed by atoms with E-state index in [1.807, 2.05) is 37.3 Å². The van der Waals surface area contributed by atoms with Gasteiger partial charge in [0.25, 0.3) is 0 Å². The van der Waals surface area contributed by atoms with Crippen LogP contribution in [0.4, 0.5) is 5.82 Å². The molecule has 0 fully saturated rings. The van der Waals surface area contributed by atoms with Crippen molar-refractivity contribution in [1.82, 2.24) is 4.98 Å². The van der Waals surface area contributed by atoms with E-state index in [1.54, 1.807) is 0 Å². The first-order valence-electron chi connectivity index (χ1n) is 6.32. The Bertz CT molecular complexity index is 528. The minimum Gasteiger partial charge on any atom is -0.366 e. The lowest BCUT2D eigenvalue weighted by atomic mass is 10.1. The normalized spacial score (nSPS) is 12.2. The van der Waals surface area contributed by atoms with Gasteiger partial charge in [-0.2, -0.15) is 0 Å². The van der Waals surface area contributed by atoms with Crippen LogP contribution in [0, 0.1) is 6.92 Å². The predicted molar refractivity (Wildman–Crippen MR) is 83.3 cm³/mol. The van der Waals surface area contributed by atoms with Crippen LogP contribution in [0.3, 0.4) is 0 Å². The number of hydrogen-bond donors (Lipinski definition) is 2. The van der Waals surface area contributed by atoms with Gasteiger partial charge in [-0.15, -0.1) is 0 Å². The van der Waals surface area contributed by atoms with Crippen LogP contribution in [-0.4, -0.2) is 17.6 Å². The Labute approximate surface area is 122 Å². The van der Waals surface area contributed by atoms with Crippen molar-refractivity contribution < 1.29 is 0 Å². The van der Waals surface area contributed by atoms with Gasteiger partial charge in [0.1, 0.15) is 5.82 Å². The van der Waals surface area contributed by atoms with E-state index < -0.39 is 0 Å². The average Bonchev–Trinajstić information content (AvgIpc) is 2.43. The number of benzene rings is 1. The first-order chi connectivity index (χ1) is 9.19. The van der Waals surface area contributed by atoms with Crippen molar-refractivity contribution in [2.24, 2.45) is 5.73 Å². The lowest BCUT2D eigenvalue weighted by molar-refractivity contribution is 0.719. The maximum Gasteiger partial charge on any atom is 0.126 e. The van der Waals surface area contributed by atoms with Crippen LogP contribution >= 0.6 is 15.9 Å². The highest BCUT2D eigenvalue weighted by atomic mass is 79.9. The van der Waals surface area contributed by atoms with Crippen molar-refractivity contribution in [3.63, 3.8) is 0 Å². The molecule has 0 saturated carbocycles. The molecule has 1 atom stereocenters. The van der Waals surface area contributed by atoms with Gasteiger partial charge < -0.3 is 11.1 Å². The van der Waals surface area contributed by atoms with Gasteiger partial charge in [0, 0.05) is 17.1 Å². The molecular weight excluding hydrogens is 302 g/mol. The van der Waals surface area contributed by atoms with Gasteiger partial charge in [0.15, 0.2) is 0 Å². The summed E-state index contributed by atoms with van der Waals surface area (Å²) in [6.07, 6.45) is 0.897. The van der Waals surface area contributed by atoms with Crippen LogP contribution in [0.15, 0.2) is 46.9 Å². The van der Waals surface area contributed by atoms with Crippen LogP contribution in [0.1, 0.15) is 11.3 Å². The zero-order valence-electron chi connectivity index (χ0n) is 10.9. The first-order valence-corrected chi connectivity index (χ1v) is 7.12. The third-order valence-electron chi connectivity index (χ3n) is 2.98. The van der Waals surface area contributed by atoms with E-state index in [9.17, 15) is 0 Å². The lowest BCUT2D eigenvalue weighted by Gasteiger charge is -2.18. The fraction of sp³-hybridized carbons (Fsp3) is 0.267. The van der Waals surface area contributed by atoms with E-state index in [4.69, 9.17) is 5.73 Å². The molecule has 0 spiro atoms. The summed E-state index contributed by atoms with van der Waals surface area (Å²) in [6.45, 7) is 2.55. The molecule has 1 heterocycles. The SMILES string of the molecule is Cc1nc(NC(CN)Cc2ccccc2)ccc1Br. The molecule has 2 rings (SSSR count). The van der Waals surface area contributed by atoms with Crippen LogP contribution in [0.25, 0.3) is 0 Å². The molecule has 100 valence electrons. The monoisotopic (exact) mass is 319 g/mol. The van der Waals surface area contributed by atoms with E-state index in [-0.39, 0.29) is 6.04 Å². The molecule has 2 aromatic rings. The van der Waals surface area contributed by atoms with Gasteiger partial charge in [0.05, 0.1) is 5.69 Å². The van der Waals surface area contributed by atoms with Crippen molar-refractivity contribution in [2.75, 3.05) is 11.9 Å². The molecular formula is C15H18BrN3. The van der Waals surface area contributed by atoms with Crippen molar-refractivity contribution >= 4 is 21.7 Å². The number of aryl methyl sites for hydroxylation is 1. The van der Waals surface area contributed by atoms with E-state index >= 15 is 0 Å². The highest BCUT2D eigenvalue weighted by Crippen LogP contribution is 2.17. The smallest absolute Gasteiger partial charge is 0.126 e. The average molecular weight is 320 g/mol. The summed E-state index contributed by atoms with van der Waals surface area (Å²) >= 11 is 3.45. The second kappa shape index (κ2) is 6.68. The highest BCUT2D eigenvalue weighted by Gasteiger charge is 2.09. The Morgan fingerprint density at radius 2 is 1.95 bits per heavy atom. The molecule has 1 unspecified atom stereocenters. The molecule has 0 aliphatic heterocycles. The summed E-state index contributed by atoms with van der Waals surface area (Å²) in [4.78, 5) is 4.49. The number of halogens is 1. The minimum atomic E-state index is 0.190. The summed E-state index contributed by atoms with van der Waals surface area (Å²) in [5.41, 5.74) is 8.09. The molecule has 0 bridgehead atoms. The molecule has 19 heavy (non-hydrogen) atoms. The predicted octanol–water partition coefficient (Wildman–Crippen LogP) is 3.13.